The Kier molecular flexibility index (Phi) is 4.55. The van der Waals surface area contributed by atoms with Crippen molar-refractivity contribution in [1.82, 2.24) is 19.8 Å². The largest absolute Gasteiger partial charge is 0.348 e. The van der Waals surface area contributed by atoms with Crippen molar-refractivity contribution in [3.05, 3.63) is 71.0 Å². The van der Waals surface area contributed by atoms with Gasteiger partial charge in [0, 0.05) is 43.4 Å². The molecule has 29 heavy (non-hydrogen) atoms. The van der Waals surface area contributed by atoms with Crippen LogP contribution in [0.3, 0.4) is 0 Å². The van der Waals surface area contributed by atoms with Gasteiger partial charge in [-0.3, -0.25) is 9.69 Å². The molecule has 1 atom stereocenters. The Morgan fingerprint density at radius 1 is 1.14 bits per heavy atom. The quantitative estimate of drug-likeness (QED) is 0.723. The van der Waals surface area contributed by atoms with Crippen LogP contribution in [0.5, 0.6) is 0 Å². The molecule has 8 heteroatoms. The molecule has 0 aliphatic carbocycles. The van der Waals surface area contributed by atoms with Crippen molar-refractivity contribution in [3.63, 3.8) is 0 Å². The number of hydrogen-bond acceptors (Lipinski definition) is 4. The third-order valence-electron chi connectivity index (χ3n) is 5.43. The fourth-order valence-corrected chi connectivity index (χ4v) is 4.90. The summed E-state index contributed by atoms with van der Waals surface area (Å²) in [6.45, 7) is 2.68. The van der Waals surface area contributed by atoms with Gasteiger partial charge in [-0.15, -0.1) is 11.3 Å². The highest BCUT2D eigenvalue weighted by molar-refractivity contribution is 7.14. The molecule has 7 nitrogen and oxygen atoms in total. The summed E-state index contributed by atoms with van der Waals surface area (Å²) in [5.41, 5.74) is 2.94. The standard InChI is InChI=1S/C21H21N5O2S/c27-18(13-16-14-29-21(23-16)26-10-8-22-20(26)28)25-12-11-24-9-4-7-17(24)19(25)15-5-2-1-3-6-15/h1-7,9,14,19H,8,10-13H2,(H,22,28). The molecule has 0 bridgehead atoms. The molecule has 1 saturated heterocycles. The Morgan fingerprint density at radius 3 is 2.79 bits per heavy atom. The number of nitrogens with zero attached hydrogens (tertiary/aromatic N) is 4. The number of hydrogen-bond donors (Lipinski definition) is 1. The molecule has 2 aromatic heterocycles. The van der Waals surface area contributed by atoms with Crippen molar-refractivity contribution in [1.29, 1.82) is 0 Å². The van der Waals surface area contributed by atoms with Crippen LogP contribution in [0.2, 0.25) is 0 Å². The minimum absolute atomic E-state index is 0.0500. The van der Waals surface area contributed by atoms with Gasteiger partial charge in [-0.25, -0.2) is 9.78 Å². The van der Waals surface area contributed by atoms with E-state index in [1.807, 2.05) is 34.5 Å². The number of benzene rings is 1. The van der Waals surface area contributed by atoms with E-state index in [1.54, 1.807) is 4.90 Å². The smallest absolute Gasteiger partial charge is 0.323 e. The summed E-state index contributed by atoms with van der Waals surface area (Å²) in [6.07, 6.45) is 2.30. The van der Waals surface area contributed by atoms with Crippen LogP contribution in [-0.4, -0.2) is 46.0 Å². The van der Waals surface area contributed by atoms with Crippen LogP contribution < -0.4 is 10.2 Å². The molecule has 1 N–H and O–H groups in total. The SMILES string of the molecule is O=C1NCCN1c1nc(CC(=O)N2CCn3cccc3C2c2ccccc2)cs1. The van der Waals surface area contributed by atoms with Crippen molar-refractivity contribution in [2.45, 2.75) is 19.0 Å². The van der Waals surface area contributed by atoms with Gasteiger partial charge < -0.3 is 14.8 Å². The van der Waals surface area contributed by atoms with Crippen molar-refractivity contribution >= 4 is 28.4 Å². The summed E-state index contributed by atoms with van der Waals surface area (Å²) < 4.78 is 2.22. The van der Waals surface area contributed by atoms with Gasteiger partial charge >= 0.3 is 6.03 Å². The number of carbonyl (C=O) groups excluding carboxylic acids is 2. The summed E-state index contributed by atoms with van der Waals surface area (Å²) in [4.78, 5) is 33.2. The number of amides is 3. The second-order valence-corrected chi connectivity index (χ2v) is 8.05. The molecule has 0 saturated carbocycles. The summed E-state index contributed by atoms with van der Waals surface area (Å²) in [6, 6.07) is 14.0. The fraction of sp³-hybridized carbons (Fsp3) is 0.286. The first-order valence-corrected chi connectivity index (χ1v) is 10.6. The topological polar surface area (TPSA) is 70.5 Å². The van der Waals surface area contributed by atoms with E-state index in [9.17, 15) is 9.59 Å². The second kappa shape index (κ2) is 7.36. The molecule has 1 aromatic carbocycles. The van der Waals surface area contributed by atoms with E-state index in [1.165, 1.54) is 11.3 Å². The molecule has 4 heterocycles. The average molecular weight is 407 g/mol. The Labute approximate surface area is 172 Å². The molecule has 5 rings (SSSR count). The zero-order valence-corrected chi connectivity index (χ0v) is 16.6. The Bertz CT molecular complexity index is 1040. The van der Waals surface area contributed by atoms with Crippen molar-refractivity contribution in [2.24, 2.45) is 0 Å². The van der Waals surface area contributed by atoms with Crippen LogP contribution in [0.4, 0.5) is 9.93 Å². The maximum Gasteiger partial charge on any atom is 0.323 e. The van der Waals surface area contributed by atoms with Gasteiger partial charge in [0.1, 0.15) is 0 Å². The molecule has 148 valence electrons. The molecule has 1 fully saturated rings. The van der Waals surface area contributed by atoms with Crippen LogP contribution in [0, 0.1) is 0 Å². The third-order valence-corrected chi connectivity index (χ3v) is 6.35. The zero-order chi connectivity index (χ0) is 19.8. The molecule has 0 radical (unpaired) electrons. The Hall–Kier alpha value is -3.13. The number of aromatic nitrogens is 2. The lowest BCUT2D eigenvalue weighted by Gasteiger charge is -2.37. The minimum atomic E-state index is -0.127. The van der Waals surface area contributed by atoms with Crippen LogP contribution >= 0.6 is 11.3 Å². The zero-order valence-electron chi connectivity index (χ0n) is 15.8. The first kappa shape index (κ1) is 17.9. The van der Waals surface area contributed by atoms with Crippen LogP contribution in [0.15, 0.2) is 54.0 Å². The Balaban J connectivity index is 1.39. The van der Waals surface area contributed by atoms with E-state index in [2.05, 4.69) is 39.3 Å². The van der Waals surface area contributed by atoms with E-state index in [0.717, 1.165) is 17.8 Å². The first-order valence-electron chi connectivity index (χ1n) is 9.70. The van der Waals surface area contributed by atoms with Gasteiger partial charge in [0.25, 0.3) is 0 Å². The number of anilines is 1. The highest BCUT2D eigenvalue weighted by Crippen LogP contribution is 2.33. The van der Waals surface area contributed by atoms with Gasteiger partial charge in [0.15, 0.2) is 5.13 Å². The monoisotopic (exact) mass is 407 g/mol. The fourth-order valence-electron chi connectivity index (χ4n) is 4.05. The summed E-state index contributed by atoms with van der Waals surface area (Å²) >= 11 is 1.41. The van der Waals surface area contributed by atoms with Crippen LogP contribution in [0.25, 0.3) is 0 Å². The lowest BCUT2D eigenvalue weighted by Crippen LogP contribution is -2.43. The number of nitrogens with one attached hydrogen (secondary N) is 1. The van der Waals surface area contributed by atoms with Gasteiger partial charge in [-0.05, 0) is 17.7 Å². The third kappa shape index (κ3) is 3.29. The predicted octanol–water partition coefficient (Wildman–Crippen LogP) is 2.65. The number of thiazole rings is 1. The van der Waals surface area contributed by atoms with Crippen molar-refractivity contribution in [3.8, 4) is 0 Å². The lowest BCUT2D eigenvalue weighted by atomic mass is 9.99. The minimum Gasteiger partial charge on any atom is -0.348 e. The number of rotatable bonds is 4. The van der Waals surface area contributed by atoms with Gasteiger partial charge in [0.2, 0.25) is 5.91 Å². The summed E-state index contributed by atoms with van der Waals surface area (Å²) in [7, 11) is 0. The Morgan fingerprint density at radius 2 is 2.00 bits per heavy atom. The number of fused-ring (bicyclic) bond motifs is 1. The molecule has 2 aliphatic heterocycles. The van der Waals surface area contributed by atoms with E-state index in [0.29, 0.717) is 30.5 Å². The summed E-state index contributed by atoms with van der Waals surface area (Å²) in [5, 5.41) is 5.30. The van der Waals surface area contributed by atoms with Gasteiger partial charge in [-0.1, -0.05) is 30.3 Å². The lowest BCUT2D eigenvalue weighted by molar-refractivity contribution is -0.133. The molecule has 3 amide bonds. The molecular formula is C21H21N5O2S. The van der Waals surface area contributed by atoms with Crippen molar-refractivity contribution < 1.29 is 9.59 Å². The highest BCUT2D eigenvalue weighted by Gasteiger charge is 2.32. The molecule has 1 unspecified atom stereocenters. The van der Waals surface area contributed by atoms with Gasteiger partial charge in [-0.2, -0.15) is 0 Å². The van der Waals surface area contributed by atoms with Gasteiger partial charge in [0.05, 0.1) is 18.2 Å². The van der Waals surface area contributed by atoms with E-state index in [-0.39, 0.29) is 24.4 Å². The first-order chi connectivity index (χ1) is 14.2. The predicted molar refractivity (Wildman–Crippen MR) is 111 cm³/mol. The maximum atomic E-state index is 13.3. The molecule has 3 aromatic rings. The van der Waals surface area contributed by atoms with E-state index in [4.69, 9.17) is 0 Å². The maximum absolute atomic E-state index is 13.3. The van der Waals surface area contributed by atoms with E-state index < -0.39 is 0 Å². The molecular weight excluding hydrogens is 386 g/mol. The van der Waals surface area contributed by atoms with Crippen LogP contribution in [-0.2, 0) is 17.8 Å². The number of carbonyl (C=O) groups is 2. The van der Waals surface area contributed by atoms with E-state index >= 15 is 0 Å². The highest BCUT2D eigenvalue weighted by atomic mass is 32.1. The molecule has 2 aliphatic rings. The van der Waals surface area contributed by atoms with Crippen molar-refractivity contribution in [2.75, 3.05) is 24.5 Å². The summed E-state index contributed by atoms with van der Waals surface area (Å²) in [5.74, 6) is 0.0500. The second-order valence-electron chi connectivity index (χ2n) is 7.21. The van der Waals surface area contributed by atoms with Crippen LogP contribution in [0.1, 0.15) is 23.0 Å². The molecule has 0 spiro atoms. The average Bonchev–Trinajstić information content (AvgIpc) is 3.48. The number of urea groups is 1. The normalized spacial score (nSPS) is 18.6.